The SMILES string of the molecule is O=C(O)C1CCCN(C(=O)NCCS(=O)(=O)Cc2ccccc2)C1. The van der Waals surface area contributed by atoms with Gasteiger partial charge in [0.15, 0.2) is 9.84 Å². The average molecular weight is 354 g/mol. The number of nitrogens with one attached hydrogen (secondary N) is 1. The van der Waals surface area contributed by atoms with Crippen molar-refractivity contribution in [2.45, 2.75) is 18.6 Å². The number of carbonyl (C=O) groups is 2. The Morgan fingerprint density at radius 2 is 1.96 bits per heavy atom. The highest BCUT2D eigenvalue weighted by Gasteiger charge is 2.28. The highest BCUT2D eigenvalue weighted by Crippen LogP contribution is 2.16. The third-order valence-corrected chi connectivity index (χ3v) is 5.58. The van der Waals surface area contributed by atoms with Crippen LogP contribution in [0, 0.1) is 5.92 Å². The molecule has 2 N–H and O–H groups in total. The molecule has 132 valence electrons. The van der Waals surface area contributed by atoms with Gasteiger partial charge in [0.1, 0.15) is 0 Å². The summed E-state index contributed by atoms with van der Waals surface area (Å²) in [6.07, 6.45) is 1.20. The fourth-order valence-electron chi connectivity index (χ4n) is 2.69. The summed E-state index contributed by atoms with van der Waals surface area (Å²) in [6.45, 7) is 0.673. The van der Waals surface area contributed by atoms with Crippen LogP contribution in [0.5, 0.6) is 0 Å². The second kappa shape index (κ2) is 8.14. The van der Waals surface area contributed by atoms with E-state index in [1.165, 1.54) is 4.90 Å². The molecular weight excluding hydrogens is 332 g/mol. The predicted molar refractivity (Wildman–Crippen MR) is 89.3 cm³/mol. The zero-order valence-corrected chi connectivity index (χ0v) is 14.2. The number of hydrogen-bond donors (Lipinski definition) is 2. The predicted octanol–water partition coefficient (Wildman–Crippen LogP) is 1.11. The van der Waals surface area contributed by atoms with Crippen molar-refractivity contribution in [1.82, 2.24) is 10.2 Å². The van der Waals surface area contributed by atoms with Crippen LogP contribution >= 0.6 is 0 Å². The molecule has 1 aromatic carbocycles. The fraction of sp³-hybridized carbons (Fsp3) is 0.500. The zero-order valence-electron chi connectivity index (χ0n) is 13.3. The number of sulfone groups is 1. The molecule has 0 aliphatic carbocycles. The molecule has 0 aromatic heterocycles. The molecule has 24 heavy (non-hydrogen) atoms. The van der Waals surface area contributed by atoms with E-state index in [0.717, 1.165) is 0 Å². The van der Waals surface area contributed by atoms with Crippen molar-refractivity contribution in [3.05, 3.63) is 35.9 Å². The summed E-state index contributed by atoms with van der Waals surface area (Å²) in [5, 5.41) is 11.6. The number of rotatable bonds is 6. The second-order valence-electron chi connectivity index (χ2n) is 5.93. The Labute approximate surface area is 141 Å². The van der Waals surface area contributed by atoms with Crippen LogP contribution in [-0.4, -0.2) is 55.8 Å². The summed E-state index contributed by atoms with van der Waals surface area (Å²) in [4.78, 5) is 24.5. The number of hydrogen-bond acceptors (Lipinski definition) is 4. The molecule has 8 heteroatoms. The van der Waals surface area contributed by atoms with Crippen LogP contribution in [0.2, 0.25) is 0 Å². The van der Waals surface area contributed by atoms with E-state index < -0.39 is 27.8 Å². The number of benzene rings is 1. The number of urea groups is 1. The first kappa shape index (κ1) is 18.3. The van der Waals surface area contributed by atoms with Gasteiger partial charge in [-0.25, -0.2) is 13.2 Å². The Balaban J connectivity index is 1.78. The Hall–Kier alpha value is -2.09. The fourth-order valence-corrected chi connectivity index (χ4v) is 3.95. The number of aliphatic carboxylic acids is 1. The monoisotopic (exact) mass is 354 g/mol. The minimum absolute atomic E-state index is 0.0161. The third-order valence-electron chi connectivity index (χ3n) is 3.98. The van der Waals surface area contributed by atoms with Crippen molar-refractivity contribution >= 4 is 21.8 Å². The summed E-state index contributed by atoms with van der Waals surface area (Å²) in [6, 6.07) is 8.46. The summed E-state index contributed by atoms with van der Waals surface area (Å²) >= 11 is 0. The molecule has 1 aromatic rings. The van der Waals surface area contributed by atoms with Crippen molar-refractivity contribution in [2.75, 3.05) is 25.4 Å². The Morgan fingerprint density at radius 3 is 2.62 bits per heavy atom. The maximum Gasteiger partial charge on any atom is 0.317 e. The van der Waals surface area contributed by atoms with E-state index >= 15 is 0 Å². The number of carbonyl (C=O) groups excluding carboxylic acids is 1. The standard InChI is InChI=1S/C16H22N2O5S/c19-15(20)14-7-4-9-18(11-14)16(21)17-8-10-24(22,23)12-13-5-2-1-3-6-13/h1-3,5-6,14H,4,7-12H2,(H,17,21)(H,19,20). The van der Waals surface area contributed by atoms with E-state index in [9.17, 15) is 18.0 Å². The first-order chi connectivity index (χ1) is 11.4. The minimum atomic E-state index is -3.31. The normalized spacial score (nSPS) is 18.2. The van der Waals surface area contributed by atoms with E-state index in [1.54, 1.807) is 24.3 Å². The number of piperidine rings is 1. The summed E-state index contributed by atoms with van der Waals surface area (Å²) in [7, 11) is -3.31. The van der Waals surface area contributed by atoms with Gasteiger partial charge in [-0.3, -0.25) is 4.79 Å². The molecule has 1 aliphatic rings. The maximum atomic E-state index is 12.1. The van der Waals surface area contributed by atoms with Gasteiger partial charge in [0.2, 0.25) is 0 Å². The van der Waals surface area contributed by atoms with Gasteiger partial charge in [0, 0.05) is 19.6 Å². The van der Waals surface area contributed by atoms with E-state index in [-0.39, 0.29) is 24.6 Å². The lowest BCUT2D eigenvalue weighted by Crippen LogP contribution is -2.47. The van der Waals surface area contributed by atoms with Crippen molar-refractivity contribution in [1.29, 1.82) is 0 Å². The minimum Gasteiger partial charge on any atom is -0.481 e. The smallest absolute Gasteiger partial charge is 0.317 e. The number of nitrogens with zero attached hydrogens (tertiary/aromatic N) is 1. The summed E-state index contributed by atoms with van der Waals surface area (Å²) in [5.41, 5.74) is 0.712. The topological polar surface area (TPSA) is 104 Å². The number of carboxylic acid groups (broad SMARTS) is 1. The van der Waals surface area contributed by atoms with Crippen LogP contribution in [0.15, 0.2) is 30.3 Å². The quantitative estimate of drug-likeness (QED) is 0.796. The number of amides is 2. The average Bonchev–Trinajstić information content (AvgIpc) is 2.55. The van der Waals surface area contributed by atoms with E-state index in [0.29, 0.717) is 24.9 Å². The molecule has 1 saturated heterocycles. The lowest BCUT2D eigenvalue weighted by atomic mass is 9.99. The molecule has 0 spiro atoms. The van der Waals surface area contributed by atoms with Gasteiger partial charge in [-0.1, -0.05) is 30.3 Å². The molecule has 0 radical (unpaired) electrons. The Morgan fingerprint density at radius 1 is 1.25 bits per heavy atom. The molecule has 2 rings (SSSR count). The summed E-state index contributed by atoms with van der Waals surface area (Å²) < 4.78 is 24.1. The lowest BCUT2D eigenvalue weighted by Gasteiger charge is -2.30. The van der Waals surface area contributed by atoms with E-state index in [1.807, 2.05) is 6.07 Å². The van der Waals surface area contributed by atoms with Crippen LogP contribution in [-0.2, 0) is 20.4 Å². The van der Waals surface area contributed by atoms with Crippen LogP contribution < -0.4 is 5.32 Å². The van der Waals surface area contributed by atoms with Gasteiger partial charge < -0.3 is 15.3 Å². The molecule has 1 unspecified atom stereocenters. The van der Waals surface area contributed by atoms with Crippen LogP contribution in [0.4, 0.5) is 4.79 Å². The highest BCUT2D eigenvalue weighted by molar-refractivity contribution is 7.90. The highest BCUT2D eigenvalue weighted by atomic mass is 32.2. The largest absolute Gasteiger partial charge is 0.481 e. The summed E-state index contributed by atoms with van der Waals surface area (Å²) in [5.74, 6) is -1.66. The maximum absolute atomic E-state index is 12.1. The van der Waals surface area contributed by atoms with Crippen LogP contribution in [0.25, 0.3) is 0 Å². The molecule has 1 aliphatic heterocycles. The van der Waals surface area contributed by atoms with Crippen LogP contribution in [0.3, 0.4) is 0 Å². The van der Waals surface area contributed by atoms with Crippen molar-refractivity contribution < 1.29 is 23.1 Å². The van der Waals surface area contributed by atoms with Gasteiger partial charge in [-0.2, -0.15) is 0 Å². The molecule has 1 heterocycles. The van der Waals surface area contributed by atoms with Crippen LogP contribution in [0.1, 0.15) is 18.4 Å². The van der Waals surface area contributed by atoms with E-state index in [4.69, 9.17) is 5.11 Å². The van der Waals surface area contributed by atoms with E-state index in [2.05, 4.69) is 5.32 Å². The molecule has 7 nitrogen and oxygen atoms in total. The second-order valence-corrected chi connectivity index (χ2v) is 8.12. The molecule has 0 bridgehead atoms. The van der Waals surface area contributed by atoms with Gasteiger partial charge in [-0.05, 0) is 18.4 Å². The van der Waals surface area contributed by atoms with Crippen molar-refractivity contribution in [2.24, 2.45) is 5.92 Å². The first-order valence-corrected chi connectivity index (χ1v) is 9.69. The molecule has 0 saturated carbocycles. The van der Waals surface area contributed by atoms with Gasteiger partial charge >= 0.3 is 12.0 Å². The molecule has 1 fully saturated rings. The third kappa shape index (κ3) is 5.52. The van der Waals surface area contributed by atoms with Crippen molar-refractivity contribution in [3.8, 4) is 0 Å². The molecular formula is C16H22N2O5S. The number of likely N-dealkylation sites (tertiary alicyclic amines) is 1. The van der Waals surface area contributed by atoms with Gasteiger partial charge in [0.05, 0.1) is 17.4 Å². The van der Waals surface area contributed by atoms with Gasteiger partial charge in [0.25, 0.3) is 0 Å². The number of carboxylic acids is 1. The molecule has 2 amide bonds. The zero-order chi connectivity index (χ0) is 17.6. The van der Waals surface area contributed by atoms with Crippen molar-refractivity contribution in [3.63, 3.8) is 0 Å². The Bertz CT molecular complexity index is 675. The first-order valence-electron chi connectivity index (χ1n) is 7.87. The lowest BCUT2D eigenvalue weighted by molar-refractivity contribution is -0.143. The van der Waals surface area contributed by atoms with Gasteiger partial charge in [-0.15, -0.1) is 0 Å². The Kier molecular flexibility index (Phi) is 6.19. The molecule has 1 atom stereocenters.